The Hall–Kier alpha value is -1.89. The highest BCUT2D eigenvalue weighted by atomic mass is 35.5. The van der Waals surface area contributed by atoms with Crippen LogP contribution in [-0.4, -0.2) is 32.0 Å². The molecule has 0 bridgehead atoms. The van der Waals surface area contributed by atoms with E-state index in [2.05, 4.69) is 4.99 Å². The molecule has 2 aliphatic rings. The van der Waals surface area contributed by atoms with Gasteiger partial charge in [0.2, 0.25) is 10.0 Å². The van der Waals surface area contributed by atoms with Crippen LogP contribution in [0.5, 0.6) is 11.5 Å². The Kier molecular flexibility index (Phi) is 4.27. The van der Waals surface area contributed by atoms with Crippen molar-refractivity contribution >= 4 is 33.5 Å². The number of hydrogen-bond donors (Lipinski definition) is 0. The van der Waals surface area contributed by atoms with Crippen LogP contribution in [0.15, 0.2) is 46.3 Å². The monoisotopic (exact) mass is 376 g/mol. The number of aliphatic imine (C=N–C) groups is 1. The van der Waals surface area contributed by atoms with Gasteiger partial charge in [-0.2, -0.15) is 4.31 Å². The third-order valence-corrected chi connectivity index (χ3v) is 6.55. The van der Waals surface area contributed by atoms with Gasteiger partial charge < -0.3 is 4.74 Å². The molecule has 0 aromatic heterocycles. The zero-order valence-electron chi connectivity index (χ0n) is 13.5. The van der Waals surface area contributed by atoms with Crippen LogP contribution in [0.2, 0.25) is 5.02 Å². The lowest BCUT2D eigenvalue weighted by Gasteiger charge is -2.26. The zero-order chi connectivity index (χ0) is 17.4. The van der Waals surface area contributed by atoms with Gasteiger partial charge in [-0.05, 0) is 43.2 Å². The number of piperidine rings is 1. The molecule has 2 heterocycles. The molecule has 5 nitrogen and oxygen atoms in total. The summed E-state index contributed by atoms with van der Waals surface area (Å²) in [7, 11) is -3.50. The average Bonchev–Trinajstić information content (AvgIpc) is 2.80. The highest BCUT2D eigenvalue weighted by Crippen LogP contribution is 2.38. The number of halogens is 1. The smallest absolute Gasteiger partial charge is 0.243 e. The molecule has 1 fully saturated rings. The molecule has 2 aromatic rings. The SMILES string of the molecule is O=S(=O)(c1ccc2c(c1)N=Cc1ccc(Cl)cc1O2)N1CCCCC1. The fourth-order valence-electron chi connectivity index (χ4n) is 3.06. The number of nitrogens with zero attached hydrogens (tertiary/aromatic N) is 2. The van der Waals surface area contributed by atoms with Gasteiger partial charge in [0.25, 0.3) is 0 Å². The molecule has 0 saturated carbocycles. The van der Waals surface area contributed by atoms with E-state index in [4.69, 9.17) is 16.3 Å². The zero-order valence-corrected chi connectivity index (χ0v) is 15.1. The maximum atomic E-state index is 12.8. The average molecular weight is 377 g/mol. The maximum Gasteiger partial charge on any atom is 0.243 e. The Bertz CT molecular complexity index is 951. The quantitative estimate of drug-likeness (QED) is 0.667. The molecule has 1 saturated heterocycles. The number of ether oxygens (including phenoxy) is 1. The van der Waals surface area contributed by atoms with Gasteiger partial charge in [-0.15, -0.1) is 0 Å². The van der Waals surface area contributed by atoms with Crippen molar-refractivity contribution in [2.24, 2.45) is 4.99 Å². The molecule has 0 unspecified atom stereocenters. The van der Waals surface area contributed by atoms with Gasteiger partial charge in [0, 0.05) is 36.0 Å². The molecule has 130 valence electrons. The standard InChI is InChI=1S/C18H17ClN2O3S/c19-14-5-4-13-12-20-16-11-15(6-7-17(16)24-18(13)10-14)25(22,23)21-8-2-1-3-9-21/h4-7,10-12H,1-3,8-9H2. The minimum absolute atomic E-state index is 0.248. The van der Waals surface area contributed by atoms with Crippen molar-refractivity contribution in [1.29, 1.82) is 0 Å². The molecule has 25 heavy (non-hydrogen) atoms. The van der Waals surface area contributed by atoms with E-state index in [0.29, 0.717) is 35.3 Å². The van der Waals surface area contributed by atoms with E-state index in [1.807, 2.05) is 6.07 Å². The molecular weight excluding hydrogens is 360 g/mol. The van der Waals surface area contributed by atoms with Crippen LogP contribution in [0.25, 0.3) is 0 Å². The predicted octanol–water partition coefficient (Wildman–Crippen LogP) is 4.37. The molecule has 2 aromatic carbocycles. The van der Waals surface area contributed by atoms with Crippen molar-refractivity contribution in [2.75, 3.05) is 13.1 Å². The van der Waals surface area contributed by atoms with Crippen molar-refractivity contribution in [3.05, 3.63) is 47.0 Å². The first-order chi connectivity index (χ1) is 12.0. The van der Waals surface area contributed by atoms with Crippen LogP contribution in [-0.2, 0) is 10.0 Å². The minimum atomic E-state index is -3.50. The summed E-state index contributed by atoms with van der Waals surface area (Å²) in [5.41, 5.74) is 1.28. The molecule has 0 atom stereocenters. The van der Waals surface area contributed by atoms with E-state index in [1.165, 1.54) is 0 Å². The maximum absolute atomic E-state index is 12.8. The van der Waals surface area contributed by atoms with E-state index in [0.717, 1.165) is 24.8 Å². The Balaban J connectivity index is 1.71. The molecular formula is C18H17ClN2O3S. The van der Waals surface area contributed by atoms with Gasteiger partial charge in [-0.1, -0.05) is 18.0 Å². The summed E-state index contributed by atoms with van der Waals surface area (Å²) in [4.78, 5) is 4.65. The summed E-state index contributed by atoms with van der Waals surface area (Å²) in [6.45, 7) is 1.15. The predicted molar refractivity (Wildman–Crippen MR) is 97.8 cm³/mol. The second kappa shape index (κ2) is 6.44. The van der Waals surface area contributed by atoms with Crippen molar-refractivity contribution in [3.63, 3.8) is 0 Å². The first kappa shape index (κ1) is 16.6. The van der Waals surface area contributed by atoms with E-state index >= 15 is 0 Å². The molecule has 7 heteroatoms. The number of sulfonamides is 1. The van der Waals surface area contributed by atoms with Gasteiger partial charge >= 0.3 is 0 Å². The Labute approximate surface area is 151 Å². The van der Waals surface area contributed by atoms with Crippen molar-refractivity contribution in [3.8, 4) is 11.5 Å². The van der Waals surface area contributed by atoms with Crippen LogP contribution in [0.1, 0.15) is 24.8 Å². The van der Waals surface area contributed by atoms with Crippen LogP contribution in [0.4, 0.5) is 5.69 Å². The third kappa shape index (κ3) is 3.17. The van der Waals surface area contributed by atoms with Crippen molar-refractivity contribution in [2.45, 2.75) is 24.2 Å². The first-order valence-electron chi connectivity index (χ1n) is 8.20. The summed E-state index contributed by atoms with van der Waals surface area (Å²) in [5, 5.41) is 0.569. The Morgan fingerprint density at radius 3 is 2.60 bits per heavy atom. The van der Waals surface area contributed by atoms with E-state index < -0.39 is 10.0 Å². The molecule has 0 N–H and O–H groups in total. The lowest BCUT2D eigenvalue weighted by Crippen LogP contribution is -2.35. The molecule has 0 aliphatic carbocycles. The summed E-state index contributed by atoms with van der Waals surface area (Å²) >= 11 is 6.02. The van der Waals surface area contributed by atoms with Gasteiger partial charge in [-0.25, -0.2) is 8.42 Å². The summed E-state index contributed by atoms with van der Waals surface area (Å²) < 4.78 is 33.1. The Morgan fingerprint density at radius 1 is 1.00 bits per heavy atom. The summed E-state index contributed by atoms with van der Waals surface area (Å²) in [6, 6.07) is 10.1. The third-order valence-electron chi connectivity index (χ3n) is 4.42. The van der Waals surface area contributed by atoms with Gasteiger partial charge in [0.15, 0.2) is 5.75 Å². The Morgan fingerprint density at radius 2 is 1.80 bits per heavy atom. The van der Waals surface area contributed by atoms with E-state index in [1.54, 1.807) is 40.9 Å². The van der Waals surface area contributed by atoms with Gasteiger partial charge in [-0.3, -0.25) is 4.99 Å². The number of rotatable bonds is 2. The minimum Gasteiger partial charge on any atom is -0.454 e. The normalized spacial score (nSPS) is 17.3. The van der Waals surface area contributed by atoms with Crippen LogP contribution in [0, 0.1) is 0 Å². The fourth-order valence-corrected chi connectivity index (χ4v) is 4.76. The topological polar surface area (TPSA) is 59.0 Å². The van der Waals surface area contributed by atoms with E-state index in [9.17, 15) is 8.42 Å². The molecule has 0 amide bonds. The second-order valence-electron chi connectivity index (χ2n) is 6.14. The number of hydrogen-bond acceptors (Lipinski definition) is 4. The molecule has 0 radical (unpaired) electrons. The molecule has 4 rings (SSSR count). The van der Waals surface area contributed by atoms with Crippen LogP contribution < -0.4 is 4.74 Å². The van der Waals surface area contributed by atoms with Gasteiger partial charge in [0.05, 0.1) is 4.90 Å². The van der Waals surface area contributed by atoms with Crippen molar-refractivity contribution < 1.29 is 13.2 Å². The van der Waals surface area contributed by atoms with Gasteiger partial charge in [0.1, 0.15) is 11.4 Å². The van der Waals surface area contributed by atoms with Crippen molar-refractivity contribution in [1.82, 2.24) is 4.31 Å². The number of benzene rings is 2. The first-order valence-corrected chi connectivity index (χ1v) is 10.0. The number of fused-ring (bicyclic) bond motifs is 2. The molecule has 0 spiro atoms. The van der Waals surface area contributed by atoms with Crippen LogP contribution in [0.3, 0.4) is 0 Å². The summed E-state index contributed by atoms with van der Waals surface area (Å²) in [5.74, 6) is 1.11. The second-order valence-corrected chi connectivity index (χ2v) is 8.51. The van der Waals surface area contributed by atoms with E-state index in [-0.39, 0.29) is 4.90 Å². The molecule has 2 aliphatic heterocycles. The summed E-state index contributed by atoms with van der Waals surface area (Å²) in [6.07, 6.45) is 4.55. The fraction of sp³-hybridized carbons (Fsp3) is 0.278. The van der Waals surface area contributed by atoms with Crippen LogP contribution >= 0.6 is 11.6 Å². The highest BCUT2D eigenvalue weighted by molar-refractivity contribution is 7.89. The largest absolute Gasteiger partial charge is 0.454 e. The lowest BCUT2D eigenvalue weighted by molar-refractivity contribution is 0.346. The lowest BCUT2D eigenvalue weighted by atomic mass is 10.2. The highest BCUT2D eigenvalue weighted by Gasteiger charge is 2.27.